The van der Waals surface area contributed by atoms with E-state index in [1.54, 1.807) is 24.8 Å². The third kappa shape index (κ3) is 2.70. The zero-order valence-electron chi connectivity index (χ0n) is 14.1. The number of benzene rings is 1. The van der Waals surface area contributed by atoms with Crippen molar-refractivity contribution >= 4 is 16.7 Å². The highest BCUT2D eigenvalue weighted by atomic mass is 15.0. The third-order valence-electron chi connectivity index (χ3n) is 4.27. The third-order valence-corrected chi connectivity index (χ3v) is 4.27. The molecule has 0 amide bonds. The van der Waals surface area contributed by atoms with Gasteiger partial charge in [-0.05, 0) is 53.9 Å². The summed E-state index contributed by atoms with van der Waals surface area (Å²) in [6.45, 7) is 2.09. The second-order valence-corrected chi connectivity index (χ2v) is 5.76. The van der Waals surface area contributed by atoms with E-state index in [1.165, 1.54) is 0 Å². The molecule has 0 saturated carbocycles. The Morgan fingerprint density at radius 2 is 1.68 bits per heavy atom. The average molecular weight is 327 g/mol. The van der Waals surface area contributed by atoms with Gasteiger partial charge in [-0.25, -0.2) is 9.97 Å². The molecule has 0 radical (unpaired) electrons. The fraction of sp³-hybridized carbons (Fsp3) is 0.100. The minimum Gasteiger partial charge on any atom is -0.373 e. The van der Waals surface area contributed by atoms with Gasteiger partial charge in [-0.15, -0.1) is 0 Å². The number of anilines is 1. The Balaban J connectivity index is 1.99. The number of hydrogen-bond acceptors (Lipinski definition) is 5. The zero-order valence-corrected chi connectivity index (χ0v) is 14.1. The topological polar surface area (TPSA) is 63.6 Å². The first-order chi connectivity index (χ1) is 12.3. The fourth-order valence-corrected chi connectivity index (χ4v) is 2.99. The molecule has 0 bridgehead atoms. The van der Waals surface area contributed by atoms with Gasteiger partial charge in [0, 0.05) is 42.8 Å². The van der Waals surface area contributed by atoms with Crippen molar-refractivity contribution in [2.45, 2.75) is 6.92 Å². The molecule has 0 saturated heterocycles. The van der Waals surface area contributed by atoms with Crippen molar-refractivity contribution in [1.82, 2.24) is 19.9 Å². The quantitative estimate of drug-likeness (QED) is 0.613. The first-order valence-corrected chi connectivity index (χ1v) is 8.08. The van der Waals surface area contributed by atoms with Crippen LogP contribution in [0, 0.1) is 6.92 Å². The highest BCUT2D eigenvalue weighted by Gasteiger charge is 2.13. The molecule has 0 spiro atoms. The van der Waals surface area contributed by atoms with Gasteiger partial charge in [0.25, 0.3) is 0 Å². The van der Waals surface area contributed by atoms with Crippen LogP contribution in [-0.4, -0.2) is 27.0 Å². The molecule has 0 unspecified atom stereocenters. The van der Waals surface area contributed by atoms with E-state index in [-0.39, 0.29) is 0 Å². The summed E-state index contributed by atoms with van der Waals surface area (Å²) in [6, 6.07) is 12.1. The van der Waals surface area contributed by atoms with Crippen molar-refractivity contribution in [2.75, 3.05) is 12.4 Å². The minimum atomic E-state index is 0.667. The van der Waals surface area contributed by atoms with Crippen LogP contribution in [0.1, 0.15) is 5.56 Å². The van der Waals surface area contributed by atoms with Gasteiger partial charge in [0.1, 0.15) is 5.82 Å². The highest BCUT2D eigenvalue weighted by molar-refractivity contribution is 5.96. The van der Waals surface area contributed by atoms with Gasteiger partial charge < -0.3 is 5.32 Å². The van der Waals surface area contributed by atoms with Gasteiger partial charge in [0.2, 0.25) is 0 Å². The number of pyridine rings is 2. The molecule has 0 atom stereocenters. The molecule has 4 rings (SSSR count). The van der Waals surface area contributed by atoms with Crippen LogP contribution in [0.5, 0.6) is 0 Å². The van der Waals surface area contributed by atoms with E-state index < -0.39 is 0 Å². The summed E-state index contributed by atoms with van der Waals surface area (Å²) < 4.78 is 0. The largest absolute Gasteiger partial charge is 0.373 e. The zero-order chi connectivity index (χ0) is 17.2. The number of nitrogens with one attached hydrogen (secondary N) is 1. The number of fused-ring (bicyclic) bond motifs is 1. The summed E-state index contributed by atoms with van der Waals surface area (Å²) in [6.07, 6.45) is 7.14. The minimum absolute atomic E-state index is 0.667. The Morgan fingerprint density at radius 3 is 2.40 bits per heavy atom. The molecule has 0 aliphatic carbocycles. The lowest BCUT2D eigenvalue weighted by atomic mass is 9.98. The maximum atomic E-state index is 4.83. The lowest BCUT2D eigenvalue weighted by Gasteiger charge is -2.13. The Kier molecular flexibility index (Phi) is 3.82. The summed E-state index contributed by atoms with van der Waals surface area (Å²) in [4.78, 5) is 17.8. The maximum Gasteiger partial charge on any atom is 0.163 e. The summed E-state index contributed by atoms with van der Waals surface area (Å²) in [5.74, 6) is 1.48. The van der Waals surface area contributed by atoms with Crippen LogP contribution in [-0.2, 0) is 0 Å². The van der Waals surface area contributed by atoms with Crippen LogP contribution in [0.15, 0.2) is 61.2 Å². The SMILES string of the molecule is CNc1nc(-c2cccnc2)nc2c(C)c(-c3ccncc3)ccc12. The number of hydrogen-bond donors (Lipinski definition) is 1. The number of nitrogens with zero attached hydrogens (tertiary/aromatic N) is 4. The van der Waals surface area contributed by atoms with E-state index in [9.17, 15) is 0 Å². The Hall–Kier alpha value is -3.34. The predicted octanol–water partition coefficient (Wildman–Crippen LogP) is 4.10. The van der Waals surface area contributed by atoms with Gasteiger partial charge in [-0.2, -0.15) is 0 Å². The molecule has 4 aromatic rings. The van der Waals surface area contributed by atoms with Gasteiger partial charge in [0.15, 0.2) is 5.82 Å². The van der Waals surface area contributed by atoms with Crippen molar-refractivity contribution in [1.29, 1.82) is 0 Å². The first kappa shape index (κ1) is 15.2. The second kappa shape index (κ2) is 6.28. The first-order valence-electron chi connectivity index (χ1n) is 8.08. The molecule has 0 fully saturated rings. The summed E-state index contributed by atoms with van der Waals surface area (Å²) in [7, 11) is 1.88. The molecule has 5 nitrogen and oxygen atoms in total. The molecule has 5 heteroatoms. The van der Waals surface area contributed by atoms with Crippen molar-refractivity contribution in [3.8, 4) is 22.5 Å². The highest BCUT2D eigenvalue weighted by Crippen LogP contribution is 2.32. The monoisotopic (exact) mass is 327 g/mol. The van der Waals surface area contributed by atoms with Crippen LogP contribution in [0.4, 0.5) is 5.82 Å². The van der Waals surface area contributed by atoms with E-state index in [4.69, 9.17) is 4.98 Å². The number of rotatable bonds is 3. The van der Waals surface area contributed by atoms with E-state index >= 15 is 0 Å². The normalized spacial score (nSPS) is 10.8. The van der Waals surface area contributed by atoms with Crippen molar-refractivity contribution < 1.29 is 0 Å². The summed E-state index contributed by atoms with van der Waals surface area (Å²) in [5, 5.41) is 4.19. The molecule has 25 heavy (non-hydrogen) atoms. The molecule has 1 N–H and O–H groups in total. The molecule has 122 valence electrons. The summed E-state index contributed by atoms with van der Waals surface area (Å²) in [5.41, 5.74) is 5.23. The van der Waals surface area contributed by atoms with Crippen LogP contribution in [0.25, 0.3) is 33.4 Å². The summed E-state index contributed by atoms with van der Waals surface area (Å²) >= 11 is 0. The average Bonchev–Trinajstić information content (AvgIpc) is 2.69. The standard InChI is InChI=1S/C20H17N5/c1-13-16(14-7-10-22-11-8-14)5-6-17-18(13)24-19(25-20(17)21-2)15-4-3-9-23-12-15/h3-12H,1-2H3,(H,21,24,25). The molecule has 0 aliphatic rings. The van der Waals surface area contributed by atoms with E-state index in [0.29, 0.717) is 5.82 Å². The molecular weight excluding hydrogens is 310 g/mol. The van der Waals surface area contributed by atoms with Crippen LogP contribution in [0.3, 0.4) is 0 Å². The smallest absolute Gasteiger partial charge is 0.163 e. The van der Waals surface area contributed by atoms with Crippen LogP contribution >= 0.6 is 0 Å². The number of aromatic nitrogens is 4. The van der Waals surface area contributed by atoms with Crippen molar-refractivity contribution in [2.24, 2.45) is 0 Å². The van der Waals surface area contributed by atoms with Crippen LogP contribution in [0.2, 0.25) is 0 Å². The van der Waals surface area contributed by atoms with Crippen LogP contribution < -0.4 is 5.32 Å². The molecule has 1 aromatic carbocycles. The van der Waals surface area contributed by atoms with E-state index in [0.717, 1.165) is 39.0 Å². The van der Waals surface area contributed by atoms with Gasteiger partial charge in [0.05, 0.1) is 5.52 Å². The van der Waals surface area contributed by atoms with Gasteiger partial charge >= 0.3 is 0 Å². The van der Waals surface area contributed by atoms with Crippen molar-refractivity contribution in [3.63, 3.8) is 0 Å². The van der Waals surface area contributed by atoms with E-state index in [1.807, 2.05) is 31.3 Å². The van der Waals surface area contributed by atoms with Gasteiger partial charge in [-0.1, -0.05) is 6.07 Å². The Morgan fingerprint density at radius 1 is 0.840 bits per heavy atom. The lowest BCUT2D eigenvalue weighted by Crippen LogP contribution is -2.00. The fourth-order valence-electron chi connectivity index (χ4n) is 2.99. The van der Waals surface area contributed by atoms with Gasteiger partial charge in [-0.3, -0.25) is 9.97 Å². The van der Waals surface area contributed by atoms with E-state index in [2.05, 4.69) is 39.3 Å². The maximum absolute atomic E-state index is 4.83. The molecular formula is C20H17N5. The molecule has 0 aliphatic heterocycles. The Bertz CT molecular complexity index is 1030. The lowest BCUT2D eigenvalue weighted by molar-refractivity contribution is 1.19. The van der Waals surface area contributed by atoms with Crippen molar-refractivity contribution in [3.05, 3.63) is 66.7 Å². The number of aryl methyl sites for hydroxylation is 1. The Labute approximate surface area is 145 Å². The molecule has 3 heterocycles. The predicted molar refractivity (Wildman–Crippen MR) is 100 cm³/mol. The second-order valence-electron chi connectivity index (χ2n) is 5.76. The molecule has 3 aromatic heterocycles.